The normalized spacial score (nSPS) is 9.00. The van der Waals surface area contributed by atoms with Crippen LogP contribution < -0.4 is 0 Å². The van der Waals surface area contributed by atoms with Gasteiger partial charge in [-0.3, -0.25) is 0 Å². The minimum atomic E-state index is 0. The molecule has 0 spiro atoms. The fourth-order valence-corrected chi connectivity index (χ4v) is 0. The average Bonchev–Trinajstić information content (AvgIpc) is 0.811. The van der Waals surface area contributed by atoms with Crippen molar-refractivity contribution in [3.8, 4) is 0 Å². The van der Waals surface area contributed by atoms with Crippen LogP contribution in [0.25, 0.3) is 0 Å². The molecule has 0 bridgehead atoms. The molecule has 0 saturated carbocycles. The smallest absolute Gasteiger partial charge is 1.00 e. The second-order valence-electron chi connectivity index (χ2n) is 1.09. The molecule has 26 valence electrons. The quantitative estimate of drug-likeness (QED) is 0.475. The first kappa shape index (κ1) is 4.79. The Hall–Kier alpha value is 0.790. The van der Waals surface area contributed by atoms with Gasteiger partial charge in [0.25, 0.3) is 0 Å². The SMILES string of the molecule is CC(C)[TeH].[H+]. The minimum absolute atomic E-state index is 0. The zero-order valence-electron chi connectivity index (χ0n) is 4.02. The third-order valence-corrected chi connectivity index (χ3v) is 0. The fourth-order valence-electron chi connectivity index (χ4n) is 0. The summed E-state index contributed by atoms with van der Waals surface area (Å²) in [5.74, 6) is 0. The predicted octanol–water partition coefficient (Wildman–Crippen LogP) is 0.828. The molecule has 0 N–H and O–H groups in total. The second-order valence-corrected chi connectivity index (χ2v) is 4.04. The van der Waals surface area contributed by atoms with E-state index < -0.39 is 0 Å². The Morgan fingerprint density at radius 2 is 1.75 bits per heavy atom. The van der Waals surface area contributed by atoms with Gasteiger partial charge < -0.3 is 0 Å². The van der Waals surface area contributed by atoms with Gasteiger partial charge in [-0.2, -0.15) is 0 Å². The monoisotopic (exact) mass is 175 g/mol. The van der Waals surface area contributed by atoms with Gasteiger partial charge in [0.1, 0.15) is 0 Å². The Bertz CT molecular complexity index is 11.6. The van der Waals surface area contributed by atoms with Gasteiger partial charge >= 0.3 is 41.5 Å². The van der Waals surface area contributed by atoms with E-state index in [1.54, 1.807) is 0 Å². The molecule has 1 heteroatoms. The maximum absolute atomic E-state index is 2.19. The largest absolute Gasteiger partial charge is 1.00 e. The van der Waals surface area contributed by atoms with Crippen molar-refractivity contribution in [2.24, 2.45) is 0 Å². The van der Waals surface area contributed by atoms with Crippen LogP contribution in [0.5, 0.6) is 0 Å². The van der Waals surface area contributed by atoms with Crippen LogP contribution in [-0.2, 0) is 0 Å². The summed E-state index contributed by atoms with van der Waals surface area (Å²) in [5, 5.41) is 0. The predicted molar refractivity (Wildman–Crippen MR) is 23.4 cm³/mol. The Labute approximate surface area is 42.0 Å². The van der Waals surface area contributed by atoms with Gasteiger partial charge in [0.15, 0.2) is 0 Å². The molecule has 0 aliphatic carbocycles. The standard InChI is InChI=1S/C3H8Te/c1-3(2)4/h3-4H,1-2H3/p+1. The van der Waals surface area contributed by atoms with E-state index in [9.17, 15) is 0 Å². The summed E-state index contributed by atoms with van der Waals surface area (Å²) in [4.78, 5) is 0. The van der Waals surface area contributed by atoms with Crippen LogP contribution in [-0.4, -0.2) is 22.3 Å². The molecule has 0 aromatic heterocycles. The molecule has 0 saturated heterocycles. The first-order valence-corrected chi connectivity index (χ1v) is 2.89. The van der Waals surface area contributed by atoms with Gasteiger partial charge in [-0.1, -0.05) is 0 Å². The fraction of sp³-hybridized carbons (Fsp3) is 1.00. The van der Waals surface area contributed by atoms with E-state index in [0.29, 0.717) is 0 Å². The molecule has 0 fully saturated rings. The molecule has 0 heterocycles. The molecule has 0 atom stereocenters. The van der Waals surface area contributed by atoms with Crippen LogP contribution in [0, 0.1) is 0 Å². The summed E-state index contributed by atoms with van der Waals surface area (Å²) >= 11 is 1.87. The third kappa shape index (κ3) is 14.3. The minimum Gasteiger partial charge on any atom is 1.00 e. The molecular formula is C3H9Te+. The summed E-state index contributed by atoms with van der Waals surface area (Å²) in [5.41, 5.74) is 0. The maximum Gasteiger partial charge on any atom is 1.00 e. The van der Waals surface area contributed by atoms with Crippen LogP contribution in [0.1, 0.15) is 15.3 Å². The Balaban J connectivity index is 0. The molecule has 0 aromatic rings. The van der Waals surface area contributed by atoms with Crippen LogP contribution in [0.3, 0.4) is 0 Å². The Morgan fingerprint density at radius 1 is 1.75 bits per heavy atom. The van der Waals surface area contributed by atoms with E-state index in [0.717, 1.165) is 3.97 Å². The van der Waals surface area contributed by atoms with Crippen LogP contribution in [0.15, 0.2) is 0 Å². The van der Waals surface area contributed by atoms with E-state index in [2.05, 4.69) is 13.8 Å². The van der Waals surface area contributed by atoms with Crippen molar-refractivity contribution in [3.63, 3.8) is 0 Å². The number of rotatable bonds is 0. The first-order valence-electron chi connectivity index (χ1n) is 1.41. The van der Waals surface area contributed by atoms with Gasteiger partial charge in [0, 0.05) is 0 Å². The average molecular weight is 173 g/mol. The molecular weight excluding hydrogens is 164 g/mol. The number of hydrogen-bond acceptors (Lipinski definition) is 0. The molecule has 0 aliphatic rings. The van der Waals surface area contributed by atoms with Crippen molar-refractivity contribution in [1.29, 1.82) is 0 Å². The van der Waals surface area contributed by atoms with Crippen LogP contribution in [0.2, 0.25) is 3.97 Å². The van der Waals surface area contributed by atoms with E-state index in [1.807, 2.05) is 22.3 Å². The summed E-state index contributed by atoms with van der Waals surface area (Å²) in [6.07, 6.45) is 0. The molecule has 0 aromatic carbocycles. The second kappa shape index (κ2) is 2.05. The van der Waals surface area contributed by atoms with Gasteiger partial charge in [0.2, 0.25) is 0 Å². The van der Waals surface area contributed by atoms with E-state index in [-0.39, 0.29) is 1.43 Å². The van der Waals surface area contributed by atoms with Crippen LogP contribution >= 0.6 is 0 Å². The summed E-state index contributed by atoms with van der Waals surface area (Å²) in [7, 11) is 0. The topological polar surface area (TPSA) is 0 Å². The summed E-state index contributed by atoms with van der Waals surface area (Å²) < 4.78 is 0.883. The summed E-state index contributed by atoms with van der Waals surface area (Å²) in [6.45, 7) is 4.38. The van der Waals surface area contributed by atoms with Gasteiger partial charge in [-0.05, 0) is 0 Å². The zero-order valence-corrected chi connectivity index (χ0v) is 5.58. The van der Waals surface area contributed by atoms with Gasteiger partial charge in [-0.15, -0.1) is 0 Å². The van der Waals surface area contributed by atoms with Gasteiger partial charge in [-0.25, -0.2) is 0 Å². The molecule has 0 nitrogen and oxygen atoms in total. The molecule has 4 heavy (non-hydrogen) atoms. The Kier molecular flexibility index (Phi) is 2.46. The molecule has 0 unspecified atom stereocenters. The van der Waals surface area contributed by atoms with Crippen molar-refractivity contribution >= 4 is 22.3 Å². The van der Waals surface area contributed by atoms with Crippen molar-refractivity contribution in [2.45, 2.75) is 17.8 Å². The molecule has 0 rings (SSSR count). The van der Waals surface area contributed by atoms with Crippen molar-refractivity contribution in [2.75, 3.05) is 0 Å². The molecule has 0 radical (unpaired) electrons. The molecule has 0 aliphatic heterocycles. The van der Waals surface area contributed by atoms with Gasteiger partial charge in [0.05, 0.1) is 0 Å². The van der Waals surface area contributed by atoms with E-state index in [4.69, 9.17) is 0 Å². The van der Waals surface area contributed by atoms with Crippen molar-refractivity contribution in [1.82, 2.24) is 0 Å². The van der Waals surface area contributed by atoms with Crippen molar-refractivity contribution < 1.29 is 1.43 Å². The zero-order chi connectivity index (χ0) is 3.58. The Morgan fingerprint density at radius 3 is 1.75 bits per heavy atom. The molecule has 0 amide bonds. The number of hydrogen-bond donors (Lipinski definition) is 0. The maximum atomic E-state index is 2.19. The third-order valence-electron chi connectivity index (χ3n) is 0. The van der Waals surface area contributed by atoms with Crippen molar-refractivity contribution in [3.05, 3.63) is 0 Å². The summed E-state index contributed by atoms with van der Waals surface area (Å²) in [6, 6.07) is 0. The first-order chi connectivity index (χ1) is 1.73. The van der Waals surface area contributed by atoms with E-state index >= 15 is 0 Å². The van der Waals surface area contributed by atoms with Crippen LogP contribution in [0.4, 0.5) is 0 Å². The van der Waals surface area contributed by atoms with E-state index in [1.165, 1.54) is 0 Å².